The van der Waals surface area contributed by atoms with Crippen LogP contribution in [0.1, 0.15) is 17.0 Å². The summed E-state index contributed by atoms with van der Waals surface area (Å²) in [6.45, 7) is 0. The molecule has 1 aliphatic rings. The van der Waals surface area contributed by atoms with E-state index in [0.29, 0.717) is 22.9 Å². The molecule has 120 valence electrons. The van der Waals surface area contributed by atoms with Crippen molar-refractivity contribution in [3.05, 3.63) is 52.5 Å². The molecule has 1 aliphatic heterocycles. The molecule has 1 heterocycles. The highest BCUT2D eigenvalue weighted by molar-refractivity contribution is 6.30. The maximum Gasteiger partial charge on any atom is 0.234 e. The number of ether oxygens (including phenoxy) is 2. The summed E-state index contributed by atoms with van der Waals surface area (Å²) in [6, 6.07) is 11.4. The van der Waals surface area contributed by atoms with E-state index in [9.17, 15) is 4.79 Å². The number of hydrogen-bond donors (Lipinski definition) is 0. The molecule has 1 unspecified atom stereocenters. The number of likely N-dealkylation sites (N-methyl/N-ethyl adjacent to an activating group) is 1. The third-order valence-electron chi connectivity index (χ3n) is 4.25. The molecule has 0 saturated carbocycles. The summed E-state index contributed by atoms with van der Waals surface area (Å²) < 4.78 is 10.8. The predicted octanol–water partition coefficient (Wildman–Crippen LogP) is 3.66. The first-order chi connectivity index (χ1) is 11.1. The Bertz CT molecular complexity index is 760. The Hall–Kier alpha value is -2.20. The largest absolute Gasteiger partial charge is 0.493 e. The predicted molar refractivity (Wildman–Crippen MR) is 90.9 cm³/mol. The first-order valence-electron chi connectivity index (χ1n) is 7.33. The van der Waals surface area contributed by atoms with Gasteiger partial charge in [-0.3, -0.25) is 4.79 Å². The number of fused-ring (bicyclic) bond motifs is 1. The van der Waals surface area contributed by atoms with Crippen molar-refractivity contribution in [1.29, 1.82) is 0 Å². The molecule has 1 amide bonds. The second-order valence-electron chi connectivity index (χ2n) is 5.51. The highest BCUT2D eigenvalue weighted by Crippen LogP contribution is 2.42. The zero-order valence-corrected chi connectivity index (χ0v) is 14.1. The number of nitrogens with zero attached hydrogens (tertiary/aromatic N) is 1. The number of hydrogen-bond acceptors (Lipinski definition) is 3. The Morgan fingerprint density at radius 3 is 2.61 bits per heavy atom. The fraction of sp³-hybridized carbons (Fsp3) is 0.278. The van der Waals surface area contributed by atoms with Gasteiger partial charge in [-0.2, -0.15) is 0 Å². The molecule has 0 saturated heterocycles. The van der Waals surface area contributed by atoms with Crippen molar-refractivity contribution in [3.63, 3.8) is 0 Å². The van der Waals surface area contributed by atoms with Crippen LogP contribution in [0.2, 0.25) is 5.02 Å². The van der Waals surface area contributed by atoms with Crippen molar-refractivity contribution >= 4 is 23.2 Å². The molecule has 1 atom stereocenters. The van der Waals surface area contributed by atoms with E-state index in [1.807, 2.05) is 30.3 Å². The lowest BCUT2D eigenvalue weighted by molar-refractivity contribution is -0.119. The van der Waals surface area contributed by atoms with Crippen LogP contribution < -0.4 is 14.4 Å². The zero-order chi connectivity index (χ0) is 16.6. The SMILES string of the molecule is COc1cc(Cl)cc(CC2C(=O)N(C)c3ccccc32)c1OC. The topological polar surface area (TPSA) is 38.8 Å². The van der Waals surface area contributed by atoms with Gasteiger partial charge in [0, 0.05) is 29.4 Å². The summed E-state index contributed by atoms with van der Waals surface area (Å²) in [6.07, 6.45) is 0.514. The van der Waals surface area contributed by atoms with Gasteiger partial charge in [0.1, 0.15) is 0 Å². The molecule has 23 heavy (non-hydrogen) atoms. The molecule has 4 nitrogen and oxygen atoms in total. The van der Waals surface area contributed by atoms with Crippen LogP contribution in [0.5, 0.6) is 11.5 Å². The van der Waals surface area contributed by atoms with Gasteiger partial charge in [-0.1, -0.05) is 29.8 Å². The second-order valence-corrected chi connectivity index (χ2v) is 5.95. The average molecular weight is 332 g/mol. The molecule has 0 aliphatic carbocycles. The molecule has 0 N–H and O–H groups in total. The van der Waals surface area contributed by atoms with E-state index in [2.05, 4.69) is 0 Å². The molecule has 0 bridgehead atoms. The van der Waals surface area contributed by atoms with Gasteiger partial charge in [0.25, 0.3) is 0 Å². The Kier molecular flexibility index (Phi) is 4.18. The fourth-order valence-corrected chi connectivity index (χ4v) is 3.38. The summed E-state index contributed by atoms with van der Waals surface area (Å²) in [5, 5.41) is 0.560. The Balaban J connectivity index is 2.03. The maximum atomic E-state index is 12.6. The van der Waals surface area contributed by atoms with Crippen molar-refractivity contribution in [2.24, 2.45) is 0 Å². The molecule has 0 spiro atoms. The fourth-order valence-electron chi connectivity index (χ4n) is 3.15. The van der Waals surface area contributed by atoms with Gasteiger partial charge in [-0.05, 0) is 24.1 Å². The number of carbonyl (C=O) groups is 1. The average Bonchev–Trinajstić information content (AvgIpc) is 2.80. The number of amides is 1. The molecule has 0 aromatic heterocycles. The highest BCUT2D eigenvalue weighted by atomic mass is 35.5. The molecule has 2 aromatic carbocycles. The third kappa shape index (κ3) is 2.63. The number of carbonyl (C=O) groups excluding carboxylic acids is 1. The van der Waals surface area contributed by atoms with E-state index < -0.39 is 0 Å². The minimum atomic E-state index is -0.242. The van der Waals surface area contributed by atoms with Crippen molar-refractivity contribution in [1.82, 2.24) is 0 Å². The van der Waals surface area contributed by atoms with Crippen LogP contribution in [0.3, 0.4) is 0 Å². The highest BCUT2D eigenvalue weighted by Gasteiger charge is 2.35. The van der Waals surface area contributed by atoms with Crippen LogP contribution in [0.15, 0.2) is 36.4 Å². The van der Waals surface area contributed by atoms with Gasteiger partial charge < -0.3 is 14.4 Å². The van der Waals surface area contributed by atoms with E-state index >= 15 is 0 Å². The van der Waals surface area contributed by atoms with E-state index in [1.54, 1.807) is 32.2 Å². The van der Waals surface area contributed by atoms with Crippen molar-refractivity contribution in [2.75, 3.05) is 26.2 Å². The minimum absolute atomic E-state index is 0.0761. The Morgan fingerprint density at radius 2 is 1.91 bits per heavy atom. The van der Waals surface area contributed by atoms with Gasteiger partial charge in [0.2, 0.25) is 5.91 Å². The van der Waals surface area contributed by atoms with Crippen molar-refractivity contribution in [3.8, 4) is 11.5 Å². The standard InChI is InChI=1S/C18H18ClNO3/c1-20-15-7-5-4-6-13(15)14(18(20)21)9-11-8-12(19)10-16(22-2)17(11)23-3/h4-8,10,14H,9H2,1-3H3. The molecule has 5 heteroatoms. The normalized spacial score (nSPS) is 16.4. The smallest absolute Gasteiger partial charge is 0.234 e. The molecule has 0 radical (unpaired) electrons. The van der Waals surface area contributed by atoms with Gasteiger partial charge >= 0.3 is 0 Å². The van der Waals surface area contributed by atoms with Crippen LogP contribution in [-0.4, -0.2) is 27.2 Å². The molecular formula is C18H18ClNO3. The maximum absolute atomic E-state index is 12.6. The number of para-hydroxylation sites is 1. The first kappa shape index (κ1) is 15.7. The first-order valence-corrected chi connectivity index (χ1v) is 7.71. The summed E-state index contributed by atoms with van der Waals surface area (Å²) in [5.41, 5.74) is 2.84. The van der Waals surface area contributed by atoms with E-state index in [0.717, 1.165) is 16.8 Å². The molecule has 3 rings (SSSR count). The third-order valence-corrected chi connectivity index (χ3v) is 4.47. The minimum Gasteiger partial charge on any atom is -0.493 e. The monoisotopic (exact) mass is 331 g/mol. The van der Waals surface area contributed by atoms with Crippen LogP contribution in [0.25, 0.3) is 0 Å². The van der Waals surface area contributed by atoms with Crippen LogP contribution in [0, 0.1) is 0 Å². The molecule has 2 aromatic rings. The Labute approximate surface area is 140 Å². The van der Waals surface area contributed by atoms with Crippen molar-refractivity contribution in [2.45, 2.75) is 12.3 Å². The van der Waals surface area contributed by atoms with Gasteiger partial charge in [-0.25, -0.2) is 0 Å². The molecule has 0 fully saturated rings. The lowest BCUT2D eigenvalue weighted by Gasteiger charge is -2.16. The van der Waals surface area contributed by atoms with Gasteiger partial charge in [-0.15, -0.1) is 0 Å². The molecular weight excluding hydrogens is 314 g/mol. The number of benzene rings is 2. The zero-order valence-electron chi connectivity index (χ0n) is 13.3. The Morgan fingerprint density at radius 1 is 1.17 bits per heavy atom. The lowest BCUT2D eigenvalue weighted by Crippen LogP contribution is -2.25. The second kappa shape index (κ2) is 6.13. The van der Waals surface area contributed by atoms with Gasteiger partial charge in [0.15, 0.2) is 11.5 Å². The summed E-state index contributed by atoms with van der Waals surface area (Å²) in [7, 11) is 4.96. The number of anilines is 1. The van der Waals surface area contributed by atoms with Gasteiger partial charge in [0.05, 0.1) is 20.1 Å². The number of rotatable bonds is 4. The number of methoxy groups -OCH3 is 2. The quantitative estimate of drug-likeness (QED) is 0.858. The van der Waals surface area contributed by atoms with Crippen molar-refractivity contribution < 1.29 is 14.3 Å². The van der Waals surface area contributed by atoms with E-state index in [-0.39, 0.29) is 11.8 Å². The number of halogens is 1. The summed E-state index contributed by atoms with van der Waals surface area (Å²) >= 11 is 6.18. The summed E-state index contributed by atoms with van der Waals surface area (Å²) in [4.78, 5) is 14.3. The van der Waals surface area contributed by atoms with Crippen LogP contribution >= 0.6 is 11.6 Å². The lowest BCUT2D eigenvalue weighted by atomic mass is 9.92. The van der Waals surface area contributed by atoms with Crippen LogP contribution in [0.4, 0.5) is 5.69 Å². The summed E-state index contributed by atoms with van der Waals surface area (Å²) in [5.74, 6) is 1.03. The van der Waals surface area contributed by atoms with E-state index in [4.69, 9.17) is 21.1 Å². The van der Waals surface area contributed by atoms with E-state index in [1.165, 1.54) is 0 Å². The van der Waals surface area contributed by atoms with Crippen LogP contribution in [-0.2, 0) is 11.2 Å².